The molecule has 0 aliphatic heterocycles. The van der Waals surface area contributed by atoms with E-state index in [-0.39, 0.29) is 11.8 Å². The Balaban J connectivity index is 1.45. The Hall–Kier alpha value is -3.47. The Bertz CT molecular complexity index is 878. The van der Waals surface area contributed by atoms with Crippen LogP contribution in [0.25, 0.3) is 0 Å². The van der Waals surface area contributed by atoms with Crippen molar-refractivity contribution in [3.63, 3.8) is 0 Å². The number of amides is 2. The quantitative estimate of drug-likeness (QED) is 0.677. The van der Waals surface area contributed by atoms with Gasteiger partial charge >= 0.3 is 0 Å². The van der Waals surface area contributed by atoms with Crippen LogP contribution in [0.2, 0.25) is 0 Å². The van der Waals surface area contributed by atoms with E-state index in [1.54, 1.807) is 18.3 Å². The summed E-state index contributed by atoms with van der Waals surface area (Å²) in [6.07, 6.45) is 4.31. The van der Waals surface area contributed by atoms with Crippen molar-refractivity contribution in [2.75, 3.05) is 5.32 Å². The highest BCUT2D eigenvalue weighted by Crippen LogP contribution is 2.11. The van der Waals surface area contributed by atoms with Crippen LogP contribution >= 0.6 is 0 Å². The van der Waals surface area contributed by atoms with Gasteiger partial charge in [-0.05, 0) is 41.8 Å². The number of rotatable bonds is 7. The molecule has 0 unspecified atom stereocenters. The smallest absolute Gasteiger partial charge is 0.253 e. The summed E-state index contributed by atoms with van der Waals surface area (Å²) in [4.78, 5) is 28.0. The van der Waals surface area contributed by atoms with Crippen LogP contribution in [0.4, 0.5) is 5.69 Å². The van der Waals surface area contributed by atoms with Crippen LogP contribution in [0.5, 0.6) is 0 Å². The number of aryl methyl sites for hydroxylation is 1. The van der Waals surface area contributed by atoms with Gasteiger partial charge < -0.3 is 10.6 Å². The average Bonchev–Trinajstić information content (AvgIpc) is 2.73. The summed E-state index contributed by atoms with van der Waals surface area (Å²) in [7, 11) is 0. The fraction of sp³-hybridized carbons (Fsp3) is 0.136. The van der Waals surface area contributed by atoms with E-state index in [0.717, 1.165) is 16.8 Å². The summed E-state index contributed by atoms with van der Waals surface area (Å²) in [6.45, 7) is 0.413. The van der Waals surface area contributed by atoms with Gasteiger partial charge in [-0.3, -0.25) is 14.6 Å². The first-order valence-electron chi connectivity index (χ1n) is 8.81. The minimum Gasteiger partial charge on any atom is -0.348 e. The molecular formula is C22H21N3O2. The second-order valence-electron chi connectivity index (χ2n) is 6.16. The summed E-state index contributed by atoms with van der Waals surface area (Å²) in [5, 5.41) is 5.74. The molecule has 136 valence electrons. The van der Waals surface area contributed by atoms with E-state index in [1.807, 2.05) is 54.6 Å². The second kappa shape index (κ2) is 9.29. The molecule has 0 saturated carbocycles. The Morgan fingerprint density at radius 2 is 1.63 bits per heavy atom. The van der Waals surface area contributed by atoms with Crippen molar-refractivity contribution in [1.82, 2.24) is 10.3 Å². The number of carbonyl (C=O) groups excluding carboxylic acids is 2. The van der Waals surface area contributed by atoms with Gasteiger partial charge in [-0.2, -0.15) is 0 Å². The molecule has 0 fully saturated rings. The monoisotopic (exact) mass is 359 g/mol. The minimum absolute atomic E-state index is 0.0171. The maximum Gasteiger partial charge on any atom is 0.253 e. The van der Waals surface area contributed by atoms with E-state index in [4.69, 9.17) is 0 Å². The lowest BCUT2D eigenvalue weighted by Crippen LogP contribution is -2.22. The third kappa shape index (κ3) is 5.78. The molecule has 2 aromatic carbocycles. The fourth-order valence-electron chi connectivity index (χ4n) is 2.61. The molecule has 0 bridgehead atoms. The summed E-state index contributed by atoms with van der Waals surface area (Å²) < 4.78 is 0. The van der Waals surface area contributed by atoms with E-state index in [0.29, 0.717) is 24.9 Å². The lowest BCUT2D eigenvalue weighted by atomic mass is 10.1. The maximum absolute atomic E-state index is 12.1. The molecule has 0 aliphatic rings. The van der Waals surface area contributed by atoms with Crippen molar-refractivity contribution in [1.29, 1.82) is 0 Å². The van der Waals surface area contributed by atoms with Crippen molar-refractivity contribution in [3.05, 3.63) is 95.8 Å². The van der Waals surface area contributed by atoms with Crippen LogP contribution < -0.4 is 10.6 Å². The van der Waals surface area contributed by atoms with Crippen LogP contribution in [0.15, 0.2) is 79.1 Å². The third-order valence-electron chi connectivity index (χ3n) is 4.10. The predicted molar refractivity (Wildman–Crippen MR) is 105 cm³/mol. The van der Waals surface area contributed by atoms with E-state index in [9.17, 15) is 9.59 Å². The van der Waals surface area contributed by atoms with Gasteiger partial charge in [0.05, 0.1) is 5.56 Å². The molecule has 2 N–H and O–H groups in total. The number of carbonyl (C=O) groups is 2. The highest BCUT2D eigenvalue weighted by Gasteiger charge is 2.06. The molecule has 1 aromatic heterocycles. The van der Waals surface area contributed by atoms with Crippen molar-refractivity contribution in [2.45, 2.75) is 19.4 Å². The number of aromatic nitrogens is 1. The van der Waals surface area contributed by atoms with Crippen LogP contribution in [0.1, 0.15) is 27.9 Å². The predicted octanol–water partition coefficient (Wildman–Crippen LogP) is 3.58. The molecule has 27 heavy (non-hydrogen) atoms. The molecule has 3 rings (SSSR count). The van der Waals surface area contributed by atoms with Gasteiger partial charge in [0, 0.05) is 31.0 Å². The molecule has 0 atom stereocenters. The lowest BCUT2D eigenvalue weighted by molar-refractivity contribution is -0.116. The summed E-state index contributed by atoms with van der Waals surface area (Å²) in [5.41, 5.74) is 3.37. The molecular weight excluding hydrogens is 338 g/mol. The molecule has 3 aromatic rings. The van der Waals surface area contributed by atoms with Gasteiger partial charge in [-0.1, -0.05) is 42.5 Å². The second-order valence-corrected chi connectivity index (χ2v) is 6.16. The van der Waals surface area contributed by atoms with Crippen LogP contribution in [-0.4, -0.2) is 16.8 Å². The van der Waals surface area contributed by atoms with E-state index >= 15 is 0 Å². The van der Waals surface area contributed by atoms with Gasteiger partial charge in [-0.15, -0.1) is 0 Å². The first-order valence-corrected chi connectivity index (χ1v) is 8.81. The normalized spacial score (nSPS) is 10.2. The molecule has 0 aliphatic carbocycles. The van der Waals surface area contributed by atoms with E-state index < -0.39 is 0 Å². The van der Waals surface area contributed by atoms with Gasteiger partial charge in [0.15, 0.2) is 0 Å². The number of nitrogens with zero attached hydrogens (tertiary/aromatic N) is 1. The first kappa shape index (κ1) is 18.3. The fourth-order valence-corrected chi connectivity index (χ4v) is 2.61. The Morgan fingerprint density at radius 1 is 0.852 bits per heavy atom. The van der Waals surface area contributed by atoms with Crippen molar-refractivity contribution < 1.29 is 9.59 Å². The number of pyridine rings is 1. The zero-order valence-electron chi connectivity index (χ0n) is 14.9. The van der Waals surface area contributed by atoms with Gasteiger partial charge in [-0.25, -0.2) is 0 Å². The van der Waals surface area contributed by atoms with Crippen molar-refractivity contribution >= 4 is 17.5 Å². The van der Waals surface area contributed by atoms with Crippen molar-refractivity contribution in [3.8, 4) is 0 Å². The summed E-state index contributed by atoms with van der Waals surface area (Å²) in [6, 6.07) is 20.8. The van der Waals surface area contributed by atoms with Gasteiger partial charge in [0.2, 0.25) is 5.91 Å². The Labute approximate surface area is 158 Å². The van der Waals surface area contributed by atoms with Crippen molar-refractivity contribution in [2.24, 2.45) is 0 Å². The van der Waals surface area contributed by atoms with Gasteiger partial charge in [0.1, 0.15) is 0 Å². The summed E-state index contributed by atoms with van der Waals surface area (Å²) >= 11 is 0. The molecule has 0 spiro atoms. The van der Waals surface area contributed by atoms with Gasteiger partial charge in [0.25, 0.3) is 5.91 Å². The zero-order valence-corrected chi connectivity index (χ0v) is 14.9. The highest BCUT2D eigenvalue weighted by molar-refractivity contribution is 5.93. The molecule has 0 saturated heterocycles. The van der Waals surface area contributed by atoms with Crippen LogP contribution in [0, 0.1) is 0 Å². The Kier molecular flexibility index (Phi) is 6.30. The van der Waals surface area contributed by atoms with Crippen LogP contribution in [-0.2, 0) is 17.8 Å². The molecule has 5 nitrogen and oxygen atoms in total. The van der Waals surface area contributed by atoms with E-state index in [2.05, 4.69) is 15.6 Å². The highest BCUT2D eigenvalue weighted by atomic mass is 16.2. The zero-order chi connectivity index (χ0) is 18.9. The SMILES string of the molecule is O=C(CCc1ccccc1)Nc1ccc(CNC(=O)c2cccnc2)cc1. The summed E-state index contributed by atoms with van der Waals surface area (Å²) in [5.74, 6) is -0.183. The number of benzene rings is 2. The average molecular weight is 359 g/mol. The Morgan fingerprint density at radius 3 is 2.33 bits per heavy atom. The molecule has 1 heterocycles. The first-order chi connectivity index (χ1) is 13.2. The number of hydrogen-bond donors (Lipinski definition) is 2. The molecule has 2 amide bonds. The van der Waals surface area contributed by atoms with Crippen LogP contribution in [0.3, 0.4) is 0 Å². The molecule has 0 radical (unpaired) electrons. The minimum atomic E-state index is -0.165. The molecule has 5 heteroatoms. The largest absolute Gasteiger partial charge is 0.348 e. The standard InChI is InChI=1S/C22H21N3O2/c26-21(13-10-17-5-2-1-3-6-17)25-20-11-8-18(9-12-20)15-24-22(27)19-7-4-14-23-16-19/h1-9,11-12,14,16H,10,13,15H2,(H,24,27)(H,25,26). The van der Waals surface area contributed by atoms with E-state index in [1.165, 1.54) is 6.20 Å². The number of anilines is 1. The lowest BCUT2D eigenvalue weighted by Gasteiger charge is -2.08. The number of nitrogens with one attached hydrogen (secondary N) is 2. The topological polar surface area (TPSA) is 71.1 Å². The maximum atomic E-state index is 12.1. The number of hydrogen-bond acceptors (Lipinski definition) is 3. The third-order valence-corrected chi connectivity index (χ3v) is 4.10.